The van der Waals surface area contributed by atoms with Gasteiger partial charge in [-0.1, -0.05) is 13.3 Å². The molecule has 1 atom stereocenters. The highest BCUT2D eigenvalue weighted by Crippen LogP contribution is 2.28. The van der Waals surface area contributed by atoms with Crippen LogP contribution in [0.4, 0.5) is 0 Å². The summed E-state index contributed by atoms with van der Waals surface area (Å²) in [4.78, 5) is 26.7. The molecule has 0 saturated carbocycles. The Morgan fingerprint density at radius 2 is 1.86 bits per heavy atom. The largest absolute Gasteiger partial charge is 0.352 e. The van der Waals surface area contributed by atoms with E-state index < -0.39 is 15.6 Å². The molecule has 2 saturated heterocycles. The van der Waals surface area contributed by atoms with Gasteiger partial charge in [0.2, 0.25) is 15.9 Å². The number of rotatable bonds is 4. The number of carbonyl (C=O) groups excluding carboxylic acids is 2. The number of sulfonamides is 1. The summed E-state index contributed by atoms with van der Waals surface area (Å²) in [5.41, 5.74) is -0.560. The zero-order valence-corrected chi connectivity index (χ0v) is 17.6. The van der Waals surface area contributed by atoms with Crippen LogP contribution in [0, 0.1) is 0 Å². The van der Waals surface area contributed by atoms with Crippen LogP contribution in [0.25, 0.3) is 0 Å². The highest BCUT2D eigenvalue weighted by Gasteiger charge is 2.41. The Morgan fingerprint density at radius 3 is 2.50 bits per heavy atom. The van der Waals surface area contributed by atoms with E-state index in [1.54, 1.807) is 30.3 Å². The van der Waals surface area contributed by atoms with Crippen molar-refractivity contribution >= 4 is 21.8 Å². The Kier molecular flexibility index (Phi) is 5.82. The van der Waals surface area contributed by atoms with Gasteiger partial charge >= 0.3 is 0 Å². The molecule has 2 aliphatic heterocycles. The summed E-state index contributed by atoms with van der Waals surface area (Å²) in [5, 5.41) is 2.77. The van der Waals surface area contributed by atoms with E-state index in [1.165, 1.54) is 17.0 Å². The average Bonchev–Trinajstić information content (AvgIpc) is 2.69. The van der Waals surface area contributed by atoms with E-state index in [9.17, 15) is 18.0 Å². The number of piperazine rings is 1. The molecule has 1 N–H and O–H groups in total. The molecule has 2 heterocycles. The van der Waals surface area contributed by atoms with Crippen LogP contribution in [0.1, 0.15) is 56.8 Å². The lowest BCUT2D eigenvalue weighted by molar-refractivity contribution is -0.133. The Labute approximate surface area is 167 Å². The Hall–Kier alpha value is -1.93. The average molecular weight is 408 g/mol. The Balaban J connectivity index is 1.83. The maximum atomic E-state index is 13.1. The molecular formula is C20H29N3O4S. The summed E-state index contributed by atoms with van der Waals surface area (Å²) in [6.07, 6.45) is 3.61. The van der Waals surface area contributed by atoms with E-state index in [1.807, 2.05) is 6.92 Å². The second-order valence-electron chi connectivity index (χ2n) is 7.97. The molecule has 0 aromatic heterocycles. The molecule has 0 aliphatic carbocycles. The predicted molar refractivity (Wildman–Crippen MR) is 106 cm³/mol. The third kappa shape index (κ3) is 3.67. The van der Waals surface area contributed by atoms with Gasteiger partial charge in [-0.25, -0.2) is 8.42 Å². The van der Waals surface area contributed by atoms with Crippen LogP contribution in [0.2, 0.25) is 0 Å². The van der Waals surface area contributed by atoms with Gasteiger partial charge in [0.1, 0.15) is 5.54 Å². The second-order valence-corrected chi connectivity index (χ2v) is 9.86. The standard InChI is InChI=1S/C20H29N3O4S/c1-4-16-7-5-6-13-23(16)28(26,27)17-10-8-15(9-11-17)18(24)22-14-12-21-19(25)20(22,2)3/h8-11,16H,4-7,12-14H2,1-3H3,(H,21,25). The molecule has 1 aromatic carbocycles. The molecule has 154 valence electrons. The maximum Gasteiger partial charge on any atom is 0.254 e. The van der Waals surface area contributed by atoms with Gasteiger partial charge in [-0.3, -0.25) is 9.59 Å². The first-order valence-corrected chi connectivity index (χ1v) is 11.4. The number of carbonyl (C=O) groups is 2. The number of amides is 2. The molecule has 0 bridgehead atoms. The molecule has 3 rings (SSSR count). The summed E-state index contributed by atoms with van der Waals surface area (Å²) >= 11 is 0. The van der Waals surface area contributed by atoms with Crippen LogP contribution in [0.5, 0.6) is 0 Å². The van der Waals surface area contributed by atoms with Crippen molar-refractivity contribution in [1.29, 1.82) is 0 Å². The van der Waals surface area contributed by atoms with Gasteiger partial charge in [0.25, 0.3) is 5.91 Å². The van der Waals surface area contributed by atoms with E-state index in [0.717, 1.165) is 25.7 Å². The van der Waals surface area contributed by atoms with E-state index in [4.69, 9.17) is 0 Å². The smallest absolute Gasteiger partial charge is 0.254 e. The molecule has 0 spiro atoms. The minimum Gasteiger partial charge on any atom is -0.352 e. The van der Waals surface area contributed by atoms with Crippen molar-refractivity contribution in [3.63, 3.8) is 0 Å². The fourth-order valence-corrected chi connectivity index (χ4v) is 5.78. The number of benzene rings is 1. The molecule has 2 aliphatic rings. The summed E-state index contributed by atoms with van der Waals surface area (Å²) in [6, 6.07) is 6.13. The Morgan fingerprint density at radius 1 is 1.18 bits per heavy atom. The number of hydrogen-bond acceptors (Lipinski definition) is 4. The van der Waals surface area contributed by atoms with Crippen LogP contribution in [-0.2, 0) is 14.8 Å². The number of hydrogen-bond donors (Lipinski definition) is 1. The lowest BCUT2D eigenvalue weighted by Gasteiger charge is -2.41. The number of piperidine rings is 1. The molecule has 1 aromatic rings. The first-order chi connectivity index (χ1) is 13.2. The first-order valence-electron chi connectivity index (χ1n) is 9.91. The summed E-state index contributed by atoms with van der Waals surface area (Å²) in [7, 11) is -3.58. The van der Waals surface area contributed by atoms with Crippen molar-refractivity contribution in [2.24, 2.45) is 0 Å². The molecule has 2 fully saturated rings. The van der Waals surface area contributed by atoms with Crippen LogP contribution >= 0.6 is 0 Å². The minimum absolute atomic E-state index is 0.0349. The van der Waals surface area contributed by atoms with Crippen LogP contribution < -0.4 is 5.32 Å². The number of nitrogens with zero attached hydrogens (tertiary/aromatic N) is 2. The van der Waals surface area contributed by atoms with Gasteiger partial charge in [-0.2, -0.15) is 4.31 Å². The monoisotopic (exact) mass is 407 g/mol. The van der Waals surface area contributed by atoms with E-state index >= 15 is 0 Å². The van der Waals surface area contributed by atoms with E-state index in [0.29, 0.717) is 25.2 Å². The minimum atomic E-state index is -3.58. The summed E-state index contributed by atoms with van der Waals surface area (Å²) in [5.74, 6) is -0.463. The fourth-order valence-electron chi connectivity index (χ4n) is 4.01. The van der Waals surface area contributed by atoms with Crippen LogP contribution in [0.3, 0.4) is 0 Å². The van der Waals surface area contributed by atoms with Crippen molar-refractivity contribution in [3.05, 3.63) is 29.8 Å². The first kappa shape index (κ1) is 20.8. The number of nitrogens with one attached hydrogen (secondary N) is 1. The van der Waals surface area contributed by atoms with Crippen molar-refractivity contribution in [2.75, 3.05) is 19.6 Å². The molecule has 1 unspecified atom stereocenters. The van der Waals surface area contributed by atoms with Crippen molar-refractivity contribution in [3.8, 4) is 0 Å². The third-order valence-electron chi connectivity index (χ3n) is 5.85. The van der Waals surface area contributed by atoms with Crippen LogP contribution in [-0.4, -0.2) is 60.7 Å². The molecule has 7 nitrogen and oxygen atoms in total. The van der Waals surface area contributed by atoms with Gasteiger partial charge in [0.05, 0.1) is 4.90 Å². The fraction of sp³-hybridized carbons (Fsp3) is 0.600. The van der Waals surface area contributed by atoms with Gasteiger partial charge in [0, 0.05) is 31.2 Å². The zero-order chi connectivity index (χ0) is 20.5. The normalized spacial score (nSPS) is 23.3. The lowest BCUT2D eigenvalue weighted by Crippen LogP contribution is -2.63. The van der Waals surface area contributed by atoms with Gasteiger partial charge in [-0.15, -0.1) is 0 Å². The molecular weight excluding hydrogens is 378 g/mol. The highest BCUT2D eigenvalue weighted by atomic mass is 32.2. The molecule has 2 amide bonds. The maximum absolute atomic E-state index is 13.1. The van der Waals surface area contributed by atoms with E-state index in [-0.39, 0.29) is 22.8 Å². The quantitative estimate of drug-likeness (QED) is 0.827. The predicted octanol–water partition coefficient (Wildman–Crippen LogP) is 1.99. The molecule has 0 radical (unpaired) electrons. The van der Waals surface area contributed by atoms with Gasteiger partial charge in [-0.05, 0) is 57.4 Å². The second kappa shape index (κ2) is 7.83. The SMILES string of the molecule is CCC1CCCCN1S(=O)(=O)c1ccc(C(=O)N2CCNC(=O)C2(C)C)cc1. The van der Waals surface area contributed by atoms with Gasteiger partial charge in [0.15, 0.2) is 0 Å². The van der Waals surface area contributed by atoms with E-state index in [2.05, 4.69) is 5.32 Å². The summed E-state index contributed by atoms with van der Waals surface area (Å²) < 4.78 is 27.7. The van der Waals surface area contributed by atoms with Crippen molar-refractivity contribution in [2.45, 2.75) is 62.9 Å². The van der Waals surface area contributed by atoms with Crippen molar-refractivity contribution < 1.29 is 18.0 Å². The zero-order valence-electron chi connectivity index (χ0n) is 16.8. The summed E-state index contributed by atoms with van der Waals surface area (Å²) in [6.45, 7) is 6.80. The van der Waals surface area contributed by atoms with Crippen molar-refractivity contribution in [1.82, 2.24) is 14.5 Å². The lowest BCUT2D eigenvalue weighted by atomic mass is 9.97. The molecule has 28 heavy (non-hydrogen) atoms. The third-order valence-corrected chi connectivity index (χ3v) is 7.81. The van der Waals surface area contributed by atoms with Gasteiger partial charge < -0.3 is 10.2 Å². The van der Waals surface area contributed by atoms with Crippen LogP contribution in [0.15, 0.2) is 29.2 Å². The highest BCUT2D eigenvalue weighted by molar-refractivity contribution is 7.89. The Bertz CT molecular complexity index is 849. The molecule has 8 heteroatoms. The topological polar surface area (TPSA) is 86.8 Å².